The molecule has 3 aromatic rings. The number of anilines is 1. The molecule has 1 amide bonds. The van der Waals surface area contributed by atoms with Crippen molar-refractivity contribution < 1.29 is 19.4 Å². The lowest BCUT2D eigenvalue weighted by Gasteiger charge is -2.27. The minimum Gasteiger partial charge on any atom is -0.465 e. The molecule has 7 heteroatoms. The van der Waals surface area contributed by atoms with Crippen LogP contribution in [-0.2, 0) is 4.74 Å². The molecule has 0 bridgehead atoms. The summed E-state index contributed by atoms with van der Waals surface area (Å²) < 4.78 is 6.88. The van der Waals surface area contributed by atoms with Crippen LogP contribution in [0.2, 0.25) is 0 Å². The third-order valence-corrected chi connectivity index (χ3v) is 6.04. The number of hydrogen-bond donors (Lipinski definition) is 2. The number of rotatable bonds is 5. The maximum atomic E-state index is 12.8. The number of carbonyl (C=O) groups is 2. The van der Waals surface area contributed by atoms with Gasteiger partial charge in [0, 0.05) is 23.8 Å². The largest absolute Gasteiger partial charge is 0.465 e. The second-order valence-electron chi connectivity index (χ2n) is 8.24. The molecule has 1 fully saturated rings. The number of amides is 1. The number of hydrogen-bond acceptors (Lipinski definition) is 5. The average molecular weight is 421 g/mol. The number of aliphatic hydroxyl groups excluding tert-OH is 1. The molecule has 0 aliphatic heterocycles. The lowest BCUT2D eigenvalue weighted by molar-refractivity contribution is 0.0602. The van der Waals surface area contributed by atoms with Gasteiger partial charge in [0.2, 0.25) is 0 Å². The van der Waals surface area contributed by atoms with E-state index in [2.05, 4.69) is 10.4 Å². The first-order chi connectivity index (χ1) is 15.0. The highest BCUT2D eigenvalue weighted by atomic mass is 16.5. The van der Waals surface area contributed by atoms with Crippen LogP contribution in [0.3, 0.4) is 0 Å². The molecule has 0 spiro atoms. The van der Waals surface area contributed by atoms with Crippen molar-refractivity contribution in [1.29, 1.82) is 0 Å². The maximum Gasteiger partial charge on any atom is 0.340 e. The Balaban J connectivity index is 1.65. The van der Waals surface area contributed by atoms with Gasteiger partial charge in [-0.1, -0.05) is 17.7 Å². The van der Waals surface area contributed by atoms with E-state index < -0.39 is 5.97 Å². The molecule has 1 aromatic heterocycles. The van der Waals surface area contributed by atoms with Gasteiger partial charge < -0.3 is 15.2 Å². The van der Waals surface area contributed by atoms with Gasteiger partial charge in [0.05, 0.1) is 29.9 Å². The Kier molecular flexibility index (Phi) is 6.04. The quantitative estimate of drug-likeness (QED) is 0.605. The van der Waals surface area contributed by atoms with E-state index in [-0.39, 0.29) is 24.1 Å². The fourth-order valence-electron chi connectivity index (χ4n) is 4.23. The minimum absolute atomic E-state index is 0.236. The zero-order chi connectivity index (χ0) is 22.0. The van der Waals surface area contributed by atoms with E-state index in [4.69, 9.17) is 4.74 Å². The number of esters is 1. The minimum atomic E-state index is -0.528. The molecule has 1 aliphatic carbocycles. The molecule has 2 N–H and O–H groups in total. The van der Waals surface area contributed by atoms with Gasteiger partial charge in [-0.2, -0.15) is 5.10 Å². The zero-order valence-corrected chi connectivity index (χ0v) is 17.8. The van der Waals surface area contributed by atoms with Crippen LogP contribution in [0, 0.1) is 12.8 Å². The van der Waals surface area contributed by atoms with Crippen LogP contribution in [0.4, 0.5) is 5.69 Å². The molecule has 4 rings (SSSR count). The summed E-state index contributed by atoms with van der Waals surface area (Å²) in [7, 11) is 1.32. The standard InChI is InChI=1S/C24H27N3O4/c1-15-4-3-5-17(10-15)23(29)25-22-11-18-13-27(19-8-6-16(14-28)7-9-19)26-21(18)12-20(22)24(30)31-2/h3-5,10-13,16,19,28H,6-9,14H2,1-2H3,(H,25,29). The van der Waals surface area contributed by atoms with Crippen molar-refractivity contribution in [2.24, 2.45) is 5.92 Å². The number of aryl methyl sites for hydroxylation is 1. The number of nitrogens with zero attached hydrogens (tertiary/aromatic N) is 2. The van der Waals surface area contributed by atoms with E-state index in [9.17, 15) is 14.7 Å². The predicted octanol–water partition coefficient (Wildman–Crippen LogP) is 4.11. The lowest BCUT2D eigenvalue weighted by Crippen LogP contribution is -2.20. The summed E-state index contributed by atoms with van der Waals surface area (Å²) in [6.45, 7) is 2.16. The molecule has 31 heavy (non-hydrogen) atoms. The summed E-state index contributed by atoms with van der Waals surface area (Å²) in [5.41, 5.74) is 2.85. The van der Waals surface area contributed by atoms with Gasteiger partial charge in [-0.15, -0.1) is 0 Å². The molecule has 1 aliphatic rings. The number of aromatic nitrogens is 2. The monoisotopic (exact) mass is 421 g/mol. The van der Waals surface area contributed by atoms with E-state index in [1.165, 1.54) is 7.11 Å². The van der Waals surface area contributed by atoms with Crippen LogP contribution in [-0.4, -0.2) is 40.5 Å². The average Bonchev–Trinajstić information content (AvgIpc) is 3.21. The molecule has 1 saturated carbocycles. The molecular formula is C24H27N3O4. The molecule has 0 saturated heterocycles. The Morgan fingerprint density at radius 2 is 1.97 bits per heavy atom. The Morgan fingerprint density at radius 1 is 1.19 bits per heavy atom. The Morgan fingerprint density at radius 3 is 2.65 bits per heavy atom. The SMILES string of the molecule is COC(=O)c1cc2nn(C3CCC(CO)CC3)cc2cc1NC(=O)c1cccc(C)c1. The van der Waals surface area contributed by atoms with Gasteiger partial charge >= 0.3 is 5.97 Å². The molecular weight excluding hydrogens is 394 g/mol. The summed E-state index contributed by atoms with van der Waals surface area (Å²) >= 11 is 0. The van der Waals surface area contributed by atoms with E-state index in [0.29, 0.717) is 22.7 Å². The van der Waals surface area contributed by atoms with Crippen molar-refractivity contribution in [1.82, 2.24) is 9.78 Å². The van der Waals surface area contributed by atoms with Crippen LogP contribution >= 0.6 is 0 Å². The summed E-state index contributed by atoms with van der Waals surface area (Å²) in [5, 5.41) is 17.8. The van der Waals surface area contributed by atoms with E-state index in [1.807, 2.05) is 29.9 Å². The molecule has 2 aromatic carbocycles. The van der Waals surface area contributed by atoms with Gasteiger partial charge in [0.25, 0.3) is 5.91 Å². The number of aliphatic hydroxyl groups is 1. The fraction of sp³-hybridized carbons (Fsp3) is 0.375. The second-order valence-corrected chi connectivity index (χ2v) is 8.24. The van der Waals surface area contributed by atoms with Crippen LogP contribution < -0.4 is 5.32 Å². The summed E-state index contributed by atoms with van der Waals surface area (Å²) in [5.74, 6) is -0.446. The van der Waals surface area contributed by atoms with Crippen LogP contribution in [0.1, 0.15) is 58.0 Å². The lowest BCUT2D eigenvalue weighted by atomic mass is 9.87. The number of fused-ring (bicyclic) bond motifs is 1. The topological polar surface area (TPSA) is 93.4 Å². The number of methoxy groups -OCH3 is 1. The van der Waals surface area contributed by atoms with Gasteiger partial charge in [-0.05, 0) is 62.8 Å². The van der Waals surface area contributed by atoms with Crippen molar-refractivity contribution in [3.8, 4) is 0 Å². The van der Waals surface area contributed by atoms with Crippen molar-refractivity contribution in [2.75, 3.05) is 19.0 Å². The Labute approximate surface area is 181 Å². The van der Waals surface area contributed by atoms with Crippen molar-refractivity contribution >= 4 is 28.5 Å². The summed E-state index contributed by atoms with van der Waals surface area (Å²) in [6, 6.07) is 11.0. The smallest absolute Gasteiger partial charge is 0.340 e. The van der Waals surface area contributed by atoms with Gasteiger partial charge in [0.15, 0.2) is 0 Å². The number of nitrogens with one attached hydrogen (secondary N) is 1. The number of carbonyl (C=O) groups excluding carboxylic acids is 2. The molecule has 7 nitrogen and oxygen atoms in total. The van der Waals surface area contributed by atoms with E-state index in [0.717, 1.165) is 36.6 Å². The molecule has 0 unspecified atom stereocenters. The first-order valence-corrected chi connectivity index (χ1v) is 10.6. The first kappa shape index (κ1) is 21.1. The number of benzene rings is 2. The highest BCUT2D eigenvalue weighted by Gasteiger charge is 2.24. The van der Waals surface area contributed by atoms with Crippen molar-refractivity contribution in [3.05, 3.63) is 59.3 Å². The van der Waals surface area contributed by atoms with Crippen LogP contribution in [0.25, 0.3) is 10.9 Å². The molecule has 0 atom stereocenters. The maximum absolute atomic E-state index is 12.8. The third kappa shape index (κ3) is 4.46. The number of ether oxygens (including phenoxy) is 1. The Hall–Kier alpha value is -3.19. The van der Waals surface area contributed by atoms with Crippen LogP contribution in [0.15, 0.2) is 42.6 Å². The first-order valence-electron chi connectivity index (χ1n) is 10.6. The molecule has 1 heterocycles. The second kappa shape index (κ2) is 8.89. The summed E-state index contributed by atoms with van der Waals surface area (Å²) in [4.78, 5) is 25.2. The van der Waals surface area contributed by atoms with E-state index >= 15 is 0 Å². The highest BCUT2D eigenvalue weighted by Crippen LogP contribution is 2.33. The third-order valence-electron chi connectivity index (χ3n) is 6.04. The Bertz CT molecular complexity index is 1110. The van der Waals surface area contributed by atoms with Crippen molar-refractivity contribution in [3.63, 3.8) is 0 Å². The van der Waals surface area contributed by atoms with Gasteiger partial charge in [0.1, 0.15) is 0 Å². The molecule has 0 radical (unpaired) electrons. The van der Waals surface area contributed by atoms with Gasteiger partial charge in [-0.25, -0.2) is 4.79 Å². The normalized spacial score (nSPS) is 18.7. The fourth-order valence-corrected chi connectivity index (χ4v) is 4.23. The van der Waals surface area contributed by atoms with Crippen LogP contribution in [0.5, 0.6) is 0 Å². The van der Waals surface area contributed by atoms with Crippen molar-refractivity contribution in [2.45, 2.75) is 38.6 Å². The highest BCUT2D eigenvalue weighted by molar-refractivity contribution is 6.10. The van der Waals surface area contributed by atoms with E-state index in [1.54, 1.807) is 24.3 Å². The summed E-state index contributed by atoms with van der Waals surface area (Å²) in [6.07, 6.45) is 5.83. The van der Waals surface area contributed by atoms with Gasteiger partial charge in [-0.3, -0.25) is 9.48 Å². The molecule has 162 valence electrons. The zero-order valence-electron chi connectivity index (χ0n) is 17.8. The predicted molar refractivity (Wildman–Crippen MR) is 118 cm³/mol.